The van der Waals surface area contributed by atoms with Crippen LogP contribution in [-0.2, 0) is 0 Å². The van der Waals surface area contributed by atoms with E-state index < -0.39 is 0 Å². The molecule has 6 nitrogen and oxygen atoms in total. The molecule has 0 fully saturated rings. The highest BCUT2D eigenvalue weighted by Crippen LogP contribution is 2.27. The third-order valence-electron chi connectivity index (χ3n) is 5.27. The Morgan fingerprint density at radius 3 is 2.67 bits per heavy atom. The predicted molar refractivity (Wildman–Crippen MR) is 146 cm³/mol. The number of aryl methyl sites for hydroxylation is 1. The first-order valence-electron chi connectivity index (χ1n) is 11.2. The van der Waals surface area contributed by atoms with Gasteiger partial charge in [0.05, 0.1) is 6.61 Å². The Hall–Kier alpha value is -3.46. The molecule has 0 amide bonds. The third kappa shape index (κ3) is 5.84. The molecular formula is C27H21ClN4O2S2. The van der Waals surface area contributed by atoms with Crippen molar-refractivity contribution in [2.75, 3.05) is 12.4 Å². The van der Waals surface area contributed by atoms with Crippen LogP contribution in [0, 0.1) is 6.92 Å². The van der Waals surface area contributed by atoms with Crippen molar-refractivity contribution in [3.63, 3.8) is 0 Å². The summed E-state index contributed by atoms with van der Waals surface area (Å²) in [7, 11) is 0. The zero-order valence-corrected chi connectivity index (χ0v) is 21.7. The largest absolute Gasteiger partial charge is 0.493 e. The first-order chi connectivity index (χ1) is 17.5. The Labute approximate surface area is 221 Å². The number of hydrogen-bond acceptors (Lipinski definition) is 7. The quantitative estimate of drug-likeness (QED) is 0.0891. The lowest BCUT2D eigenvalue weighted by molar-refractivity contribution is 0.104. The topological polar surface area (TPSA) is 69.4 Å². The van der Waals surface area contributed by atoms with Crippen molar-refractivity contribution in [1.29, 1.82) is 0 Å². The molecule has 2 heterocycles. The Morgan fingerprint density at radius 1 is 1.08 bits per heavy atom. The van der Waals surface area contributed by atoms with E-state index in [0.717, 1.165) is 32.0 Å². The van der Waals surface area contributed by atoms with Crippen molar-refractivity contribution in [3.05, 3.63) is 101 Å². The van der Waals surface area contributed by atoms with Gasteiger partial charge in [-0.3, -0.25) is 4.79 Å². The van der Waals surface area contributed by atoms with E-state index in [9.17, 15) is 4.79 Å². The number of hydrogen-bond donors (Lipinski definition) is 0. The molecule has 9 heteroatoms. The zero-order valence-electron chi connectivity index (χ0n) is 19.3. The zero-order chi connectivity index (χ0) is 24.9. The standard InChI is InChI=1S/C27H21ClN4O2S2/c1-18-5-8-21(9-6-18)25-29-30-26-32(25)31-27(36-26)35-16-15-34-23-12-10-20(11-13-23)24(33)14-7-19-3-2-4-22(28)17-19/h2-14,17H,15-16H2,1H3/b14-7+. The summed E-state index contributed by atoms with van der Waals surface area (Å²) in [6.45, 7) is 2.57. The average Bonchev–Trinajstić information content (AvgIpc) is 3.47. The van der Waals surface area contributed by atoms with Gasteiger partial charge in [0, 0.05) is 21.9 Å². The highest BCUT2D eigenvalue weighted by molar-refractivity contribution is 8.01. The normalized spacial score (nSPS) is 11.4. The van der Waals surface area contributed by atoms with Crippen LogP contribution >= 0.6 is 34.7 Å². The minimum absolute atomic E-state index is 0.0784. The van der Waals surface area contributed by atoms with E-state index in [4.69, 9.17) is 16.3 Å². The molecule has 0 aliphatic heterocycles. The fourth-order valence-electron chi connectivity index (χ4n) is 3.42. The highest BCUT2D eigenvalue weighted by atomic mass is 35.5. The van der Waals surface area contributed by atoms with Crippen LogP contribution in [0.2, 0.25) is 5.02 Å². The molecule has 2 aromatic heterocycles. The molecule has 0 bridgehead atoms. The van der Waals surface area contributed by atoms with Gasteiger partial charge in [0.2, 0.25) is 4.96 Å². The molecule has 5 rings (SSSR count). The van der Waals surface area contributed by atoms with Gasteiger partial charge in [-0.05, 0) is 55.0 Å². The lowest BCUT2D eigenvalue weighted by Crippen LogP contribution is -2.01. The van der Waals surface area contributed by atoms with Crippen molar-refractivity contribution in [1.82, 2.24) is 19.8 Å². The molecule has 0 atom stereocenters. The Kier molecular flexibility index (Phi) is 7.46. The predicted octanol–water partition coefficient (Wildman–Crippen LogP) is 6.88. The van der Waals surface area contributed by atoms with Crippen molar-refractivity contribution >= 4 is 51.5 Å². The third-order valence-corrected chi connectivity index (χ3v) is 7.51. The Bertz CT molecular complexity index is 1530. The summed E-state index contributed by atoms with van der Waals surface area (Å²) in [5.41, 5.74) is 3.66. The monoisotopic (exact) mass is 532 g/mol. The van der Waals surface area contributed by atoms with E-state index in [-0.39, 0.29) is 5.78 Å². The average molecular weight is 533 g/mol. The van der Waals surface area contributed by atoms with Crippen LogP contribution in [0.1, 0.15) is 21.5 Å². The molecule has 0 saturated carbocycles. The minimum atomic E-state index is -0.0784. The van der Waals surface area contributed by atoms with Gasteiger partial charge in [-0.2, -0.15) is 4.52 Å². The molecule has 0 aliphatic rings. The van der Waals surface area contributed by atoms with Crippen LogP contribution in [-0.4, -0.2) is 38.0 Å². The summed E-state index contributed by atoms with van der Waals surface area (Å²) in [5.74, 6) is 2.10. The number of carbonyl (C=O) groups excluding carboxylic acids is 1. The lowest BCUT2D eigenvalue weighted by atomic mass is 10.1. The lowest BCUT2D eigenvalue weighted by Gasteiger charge is -2.05. The van der Waals surface area contributed by atoms with E-state index in [0.29, 0.717) is 22.9 Å². The first kappa shape index (κ1) is 24.2. The molecule has 180 valence electrons. The van der Waals surface area contributed by atoms with E-state index >= 15 is 0 Å². The summed E-state index contributed by atoms with van der Waals surface area (Å²) < 4.78 is 8.54. The number of carbonyl (C=O) groups is 1. The van der Waals surface area contributed by atoms with Crippen LogP contribution < -0.4 is 4.74 Å². The second kappa shape index (κ2) is 11.1. The van der Waals surface area contributed by atoms with Gasteiger partial charge >= 0.3 is 0 Å². The minimum Gasteiger partial charge on any atom is -0.493 e. The molecule has 0 aliphatic carbocycles. The molecular weight excluding hydrogens is 512 g/mol. The van der Waals surface area contributed by atoms with Crippen molar-refractivity contribution in [2.24, 2.45) is 0 Å². The van der Waals surface area contributed by atoms with Crippen molar-refractivity contribution in [3.8, 4) is 17.1 Å². The fourth-order valence-corrected chi connectivity index (χ4v) is 5.39. The summed E-state index contributed by atoms with van der Waals surface area (Å²) >= 11 is 9.10. The van der Waals surface area contributed by atoms with Crippen LogP contribution in [0.3, 0.4) is 0 Å². The smallest absolute Gasteiger partial charge is 0.235 e. The Morgan fingerprint density at radius 2 is 1.89 bits per heavy atom. The number of halogens is 1. The number of fused-ring (bicyclic) bond motifs is 1. The molecule has 0 radical (unpaired) electrons. The van der Waals surface area contributed by atoms with Gasteiger partial charge in [0.15, 0.2) is 15.9 Å². The number of ether oxygens (including phenoxy) is 1. The second-order valence-corrected chi connectivity index (χ2v) is 10.7. The Balaban J connectivity index is 1.12. The summed E-state index contributed by atoms with van der Waals surface area (Å²) in [6.07, 6.45) is 3.30. The summed E-state index contributed by atoms with van der Waals surface area (Å²) in [5, 5.41) is 13.8. The van der Waals surface area contributed by atoms with Gasteiger partial charge in [-0.1, -0.05) is 82.7 Å². The van der Waals surface area contributed by atoms with Crippen LogP contribution in [0.5, 0.6) is 5.75 Å². The SMILES string of the molecule is Cc1ccc(-c2nnc3sc(SCCOc4ccc(C(=O)/C=C/c5cccc(Cl)c5)cc4)nn23)cc1. The molecule has 0 saturated heterocycles. The van der Waals surface area contributed by atoms with Crippen molar-refractivity contribution in [2.45, 2.75) is 11.3 Å². The van der Waals surface area contributed by atoms with E-state index in [1.54, 1.807) is 46.6 Å². The number of ketones is 1. The maximum absolute atomic E-state index is 12.4. The van der Waals surface area contributed by atoms with Crippen LogP contribution in [0.4, 0.5) is 0 Å². The number of nitrogens with zero attached hydrogens (tertiary/aromatic N) is 4. The number of aromatic nitrogens is 4. The molecule has 0 unspecified atom stereocenters. The van der Waals surface area contributed by atoms with E-state index in [1.807, 2.05) is 42.5 Å². The maximum Gasteiger partial charge on any atom is 0.235 e. The molecule has 0 N–H and O–H groups in total. The molecule has 36 heavy (non-hydrogen) atoms. The van der Waals surface area contributed by atoms with Gasteiger partial charge in [0.25, 0.3) is 0 Å². The molecule has 3 aromatic carbocycles. The van der Waals surface area contributed by atoms with Gasteiger partial charge in [-0.15, -0.1) is 15.3 Å². The first-order valence-corrected chi connectivity index (χ1v) is 13.4. The van der Waals surface area contributed by atoms with Crippen LogP contribution in [0.15, 0.2) is 83.2 Å². The molecule has 0 spiro atoms. The maximum atomic E-state index is 12.4. The van der Waals surface area contributed by atoms with Crippen molar-refractivity contribution < 1.29 is 9.53 Å². The summed E-state index contributed by atoms with van der Waals surface area (Å²) in [4.78, 5) is 13.2. The number of allylic oxidation sites excluding steroid dienone is 1. The number of thioether (sulfide) groups is 1. The fraction of sp³-hybridized carbons (Fsp3) is 0.111. The second-order valence-electron chi connectivity index (χ2n) is 7.93. The van der Waals surface area contributed by atoms with Gasteiger partial charge < -0.3 is 4.74 Å². The van der Waals surface area contributed by atoms with E-state index in [2.05, 4.69) is 34.4 Å². The van der Waals surface area contributed by atoms with Gasteiger partial charge in [0.1, 0.15) is 5.75 Å². The molecule has 5 aromatic rings. The summed E-state index contributed by atoms with van der Waals surface area (Å²) in [6, 6.07) is 22.7. The number of benzene rings is 3. The highest BCUT2D eigenvalue weighted by Gasteiger charge is 2.13. The number of rotatable bonds is 9. The van der Waals surface area contributed by atoms with Gasteiger partial charge in [-0.25, -0.2) is 0 Å². The van der Waals surface area contributed by atoms with Crippen LogP contribution in [0.25, 0.3) is 22.4 Å². The van der Waals surface area contributed by atoms with E-state index in [1.165, 1.54) is 16.9 Å².